The standard InChI is InChI=1S/C25H19ClN4OS/c1-3-14-29-20-6-4-5-7-21(20)30-25(29)23(16(2)28-30)22(31)13-12-19-15-32-24(27-19)17-8-10-18(26)11-9-17/h3-13,15H,1,14H2,2H3/b13-12+. The third kappa shape index (κ3) is 3.47. The SMILES string of the molecule is C=CCn1c2ccccc2n2nc(C)c(C(=O)/C=C/c3csc(-c4ccc(Cl)cc4)n3)c12. The van der Waals surface area contributed by atoms with Crippen LogP contribution in [0, 0.1) is 6.92 Å². The van der Waals surface area contributed by atoms with Crippen LogP contribution < -0.4 is 0 Å². The van der Waals surface area contributed by atoms with E-state index in [1.165, 1.54) is 11.3 Å². The van der Waals surface area contributed by atoms with E-state index in [0.717, 1.165) is 32.9 Å². The molecule has 0 amide bonds. The Labute approximate surface area is 193 Å². The van der Waals surface area contributed by atoms with Crippen molar-refractivity contribution in [1.82, 2.24) is 19.2 Å². The molecular formula is C25H19ClN4OS. The number of benzene rings is 2. The summed E-state index contributed by atoms with van der Waals surface area (Å²) >= 11 is 7.50. The second kappa shape index (κ2) is 8.22. The number of carbonyl (C=O) groups excluding carboxylic acids is 1. The molecule has 0 spiro atoms. The molecule has 158 valence electrons. The zero-order valence-electron chi connectivity index (χ0n) is 17.3. The van der Waals surface area contributed by atoms with Crippen molar-refractivity contribution >= 4 is 51.5 Å². The number of hydrogen-bond acceptors (Lipinski definition) is 4. The van der Waals surface area contributed by atoms with Gasteiger partial charge in [-0.15, -0.1) is 17.9 Å². The van der Waals surface area contributed by atoms with Crippen LogP contribution in [0.1, 0.15) is 21.7 Å². The van der Waals surface area contributed by atoms with E-state index in [9.17, 15) is 4.79 Å². The molecule has 3 heterocycles. The van der Waals surface area contributed by atoms with Crippen molar-refractivity contribution in [2.45, 2.75) is 13.5 Å². The molecule has 0 N–H and O–H groups in total. The number of aryl methyl sites for hydroxylation is 1. The highest BCUT2D eigenvalue weighted by Crippen LogP contribution is 2.28. The molecule has 32 heavy (non-hydrogen) atoms. The van der Waals surface area contributed by atoms with Crippen LogP contribution in [-0.2, 0) is 6.54 Å². The Hall–Kier alpha value is -3.48. The van der Waals surface area contributed by atoms with Crippen LogP contribution in [0.15, 0.2) is 72.6 Å². The van der Waals surface area contributed by atoms with Crippen molar-refractivity contribution in [1.29, 1.82) is 0 Å². The minimum Gasteiger partial charge on any atom is -0.320 e. The molecule has 0 aliphatic heterocycles. The summed E-state index contributed by atoms with van der Waals surface area (Å²) in [7, 11) is 0. The normalized spacial score (nSPS) is 11.7. The lowest BCUT2D eigenvalue weighted by Gasteiger charge is -2.03. The zero-order valence-corrected chi connectivity index (χ0v) is 18.9. The molecule has 0 atom stereocenters. The Kier molecular flexibility index (Phi) is 5.25. The number of nitrogens with zero attached hydrogens (tertiary/aromatic N) is 4. The molecule has 0 aliphatic carbocycles. The minimum atomic E-state index is -0.105. The van der Waals surface area contributed by atoms with Crippen molar-refractivity contribution in [2.75, 3.05) is 0 Å². The summed E-state index contributed by atoms with van der Waals surface area (Å²) in [6, 6.07) is 15.5. The first kappa shape index (κ1) is 20.4. The predicted molar refractivity (Wildman–Crippen MR) is 132 cm³/mol. The summed E-state index contributed by atoms with van der Waals surface area (Å²) in [5, 5.41) is 8.15. The first-order chi connectivity index (χ1) is 15.6. The first-order valence-electron chi connectivity index (χ1n) is 10.1. The number of thiazole rings is 1. The molecule has 5 aromatic rings. The highest BCUT2D eigenvalue weighted by molar-refractivity contribution is 7.13. The van der Waals surface area contributed by atoms with Gasteiger partial charge in [0, 0.05) is 22.5 Å². The summed E-state index contributed by atoms with van der Waals surface area (Å²) in [6.45, 7) is 6.32. The quantitative estimate of drug-likeness (QED) is 0.167. The number of halogens is 1. The number of hydrogen-bond donors (Lipinski definition) is 0. The van der Waals surface area contributed by atoms with Gasteiger partial charge in [0.25, 0.3) is 0 Å². The molecule has 0 saturated heterocycles. The van der Waals surface area contributed by atoms with Crippen LogP contribution in [-0.4, -0.2) is 24.9 Å². The molecule has 0 fully saturated rings. The van der Waals surface area contributed by atoms with Gasteiger partial charge < -0.3 is 4.57 Å². The highest BCUT2D eigenvalue weighted by atomic mass is 35.5. The zero-order chi connectivity index (χ0) is 22.2. The van der Waals surface area contributed by atoms with Crippen molar-refractivity contribution < 1.29 is 4.79 Å². The summed E-state index contributed by atoms with van der Waals surface area (Å²) < 4.78 is 3.92. The third-order valence-electron chi connectivity index (χ3n) is 5.27. The van der Waals surface area contributed by atoms with Gasteiger partial charge in [-0.1, -0.05) is 41.9 Å². The van der Waals surface area contributed by atoms with Crippen molar-refractivity contribution in [2.24, 2.45) is 0 Å². The molecule has 0 saturated carbocycles. The van der Waals surface area contributed by atoms with E-state index >= 15 is 0 Å². The second-order valence-electron chi connectivity index (χ2n) is 7.37. The largest absolute Gasteiger partial charge is 0.320 e. The fraction of sp³-hybridized carbons (Fsp3) is 0.0800. The average Bonchev–Trinajstić information content (AvgIpc) is 3.47. The monoisotopic (exact) mass is 458 g/mol. The maximum Gasteiger partial charge on any atom is 0.191 e. The molecule has 0 bridgehead atoms. The van der Waals surface area contributed by atoms with Gasteiger partial charge in [0.1, 0.15) is 10.7 Å². The number of carbonyl (C=O) groups is 1. The van der Waals surface area contributed by atoms with Crippen LogP contribution in [0.25, 0.3) is 33.3 Å². The van der Waals surface area contributed by atoms with E-state index in [-0.39, 0.29) is 5.78 Å². The number of aromatic nitrogens is 4. The Morgan fingerprint density at radius 2 is 1.91 bits per heavy atom. The van der Waals surface area contributed by atoms with E-state index in [1.54, 1.807) is 12.2 Å². The molecule has 3 aromatic heterocycles. The number of para-hydroxylation sites is 2. The number of ketones is 1. The van der Waals surface area contributed by atoms with Gasteiger partial charge in [-0.3, -0.25) is 4.79 Å². The van der Waals surface area contributed by atoms with Gasteiger partial charge in [0.2, 0.25) is 0 Å². The average molecular weight is 459 g/mol. The lowest BCUT2D eigenvalue weighted by molar-refractivity contribution is 0.104. The smallest absolute Gasteiger partial charge is 0.191 e. The Bertz CT molecular complexity index is 1500. The Morgan fingerprint density at radius 1 is 1.16 bits per heavy atom. The van der Waals surface area contributed by atoms with E-state index in [0.29, 0.717) is 22.8 Å². The number of fused-ring (bicyclic) bond motifs is 3. The first-order valence-corrected chi connectivity index (χ1v) is 11.3. The minimum absolute atomic E-state index is 0.105. The van der Waals surface area contributed by atoms with Gasteiger partial charge in [0.05, 0.1) is 28.0 Å². The van der Waals surface area contributed by atoms with Crippen molar-refractivity contribution in [3.05, 3.63) is 94.6 Å². The number of rotatable bonds is 6. The van der Waals surface area contributed by atoms with Gasteiger partial charge in [0.15, 0.2) is 5.78 Å². The lowest BCUT2D eigenvalue weighted by atomic mass is 10.1. The lowest BCUT2D eigenvalue weighted by Crippen LogP contribution is -2.02. The van der Waals surface area contributed by atoms with Crippen LogP contribution >= 0.6 is 22.9 Å². The number of imidazole rings is 1. The fourth-order valence-electron chi connectivity index (χ4n) is 3.85. The maximum atomic E-state index is 13.2. The Balaban J connectivity index is 1.51. The summed E-state index contributed by atoms with van der Waals surface area (Å²) in [6.07, 6.45) is 5.15. The van der Waals surface area contributed by atoms with Crippen LogP contribution in [0.3, 0.4) is 0 Å². The summed E-state index contributed by atoms with van der Waals surface area (Å²) in [4.78, 5) is 17.9. The van der Waals surface area contributed by atoms with Crippen LogP contribution in [0.2, 0.25) is 5.02 Å². The van der Waals surface area contributed by atoms with Gasteiger partial charge in [-0.2, -0.15) is 5.10 Å². The molecule has 5 nitrogen and oxygen atoms in total. The van der Waals surface area contributed by atoms with Crippen LogP contribution in [0.5, 0.6) is 0 Å². The molecular weight excluding hydrogens is 440 g/mol. The van der Waals surface area contributed by atoms with Gasteiger partial charge >= 0.3 is 0 Å². The predicted octanol–water partition coefficient (Wildman–Crippen LogP) is 6.46. The third-order valence-corrected chi connectivity index (χ3v) is 6.43. The van der Waals surface area contributed by atoms with E-state index in [2.05, 4.69) is 21.2 Å². The molecule has 2 aromatic carbocycles. The summed E-state index contributed by atoms with van der Waals surface area (Å²) in [5.74, 6) is -0.105. The molecule has 0 radical (unpaired) electrons. The van der Waals surface area contributed by atoms with E-state index in [4.69, 9.17) is 11.6 Å². The molecule has 0 unspecified atom stereocenters. The van der Waals surface area contributed by atoms with Gasteiger partial charge in [-0.05, 0) is 43.3 Å². The van der Waals surface area contributed by atoms with E-state index in [1.807, 2.05) is 71.4 Å². The van der Waals surface area contributed by atoms with Crippen LogP contribution in [0.4, 0.5) is 0 Å². The molecule has 5 rings (SSSR count). The fourth-order valence-corrected chi connectivity index (χ4v) is 4.77. The highest BCUT2D eigenvalue weighted by Gasteiger charge is 2.21. The number of allylic oxidation sites excluding steroid dienone is 2. The molecule has 7 heteroatoms. The van der Waals surface area contributed by atoms with E-state index < -0.39 is 0 Å². The summed E-state index contributed by atoms with van der Waals surface area (Å²) in [5.41, 5.74) is 5.77. The Morgan fingerprint density at radius 3 is 2.66 bits per heavy atom. The van der Waals surface area contributed by atoms with Crippen molar-refractivity contribution in [3.63, 3.8) is 0 Å². The van der Waals surface area contributed by atoms with Gasteiger partial charge in [-0.25, -0.2) is 9.50 Å². The molecule has 0 aliphatic rings. The second-order valence-corrected chi connectivity index (χ2v) is 8.66. The topological polar surface area (TPSA) is 52.2 Å². The maximum absolute atomic E-state index is 13.2. The van der Waals surface area contributed by atoms with Crippen molar-refractivity contribution in [3.8, 4) is 10.6 Å².